The third-order valence-corrected chi connectivity index (χ3v) is 4.19. The fraction of sp³-hybridized carbons (Fsp3) is 0.438. The Bertz CT molecular complexity index is 503. The molecule has 0 atom stereocenters. The lowest BCUT2D eigenvalue weighted by atomic mass is 9.90. The molecule has 1 aromatic rings. The lowest BCUT2D eigenvalue weighted by Gasteiger charge is -2.31. The van der Waals surface area contributed by atoms with Crippen molar-refractivity contribution in [3.63, 3.8) is 0 Å². The molecular formula is C16H21N3O. The predicted octanol–water partition coefficient (Wildman–Crippen LogP) is 1.95. The van der Waals surface area contributed by atoms with Gasteiger partial charge in [-0.15, -0.1) is 0 Å². The molecule has 4 nitrogen and oxygen atoms in total. The van der Waals surface area contributed by atoms with Gasteiger partial charge >= 0.3 is 0 Å². The van der Waals surface area contributed by atoms with E-state index in [1.54, 1.807) is 0 Å². The van der Waals surface area contributed by atoms with Gasteiger partial charge in [0, 0.05) is 18.7 Å². The average Bonchev–Trinajstić information content (AvgIpc) is 2.48. The standard InChI is InChI=1S/C16H21N3O/c1-12-18-16(20)8-11-19(12)15-4-2-13(3-5-15)14-6-9-17-10-7-14/h2-5,14,17H,1,6-11H2,(H,18,20). The Hall–Kier alpha value is -1.81. The van der Waals surface area contributed by atoms with Gasteiger partial charge in [0.1, 0.15) is 5.82 Å². The minimum absolute atomic E-state index is 0.0533. The first-order chi connectivity index (χ1) is 9.74. The highest BCUT2D eigenvalue weighted by atomic mass is 16.1. The van der Waals surface area contributed by atoms with Crippen molar-refractivity contribution in [1.82, 2.24) is 10.6 Å². The summed E-state index contributed by atoms with van der Waals surface area (Å²) in [7, 11) is 0. The number of carbonyl (C=O) groups excluding carboxylic acids is 1. The third-order valence-electron chi connectivity index (χ3n) is 4.19. The smallest absolute Gasteiger partial charge is 0.227 e. The summed E-state index contributed by atoms with van der Waals surface area (Å²) in [6.45, 7) is 6.85. The first-order valence-electron chi connectivity index (χ1n) is 7.31. The highest BCUT2D eigenvalue weighted by Crippen LogP contribution is 2.28. The molecule has 0 spiro atoms. The van der Waals surface area contributed by atoms with Crippen molar-refractivity contribution in [3.8, 4) is 0 Å². The zero-order chi connectivity index (χ0) is 13.9. The summed E-state index contributed by atoms with van der Waals surface area (Å²) < 4.78 is 0. The summed E-state index contributed by atoms with van der Waals surface area (Å²) in [5.74, 6) is 1.41. The number of nitrogens with one attached hydrogen (secondary N) is 2. The Kier molecular flexibility index (Phi) is 3.74. The molecule has 3 rings (SSSR count). The molecule has 1 amide bonds. The SMILES string of the molecule is C=C1NC(=O)CCN1c1ccc(C2CCNCC2)cc1. The largest absolute Gasteiger partial charge is 0.328 e. The Labute approximate surface area is 119 Å². The fourth-order valence-corrected chi connectivity index (χ4v) is 3.01. The lowest BCUT2D eigenvalue weighted by Crippen LogP contribution is -2.42. The number of hydrogen-bond donors (Lipinski definition) is 2. The van der Waals surface area contributed by atoms with Gasteiger partial charge in [-0.3, -0.25) is 4.79 Å². The monoisotopic (exact) mass is 271 g/mol. The van der Waals surface area contributed by atoms with E-state index in [9.17, 15) is 4.79 Å². The molecule has 0 aliphatic carbocycles. The van der Waals surface area contributed by atoms with Crippen molar-refractivity contribution in [2.45, 2.75) is 25.2 Å². The molecule has 2 saturated heterocycles. The maximum absolute atomic E-state index is 11.3. The Morgan fingerprint density at radius 2 is 1.85 bits per heavy atom. The molecule has 2 aliphatic rings. The Morgan fingerprint density at radius 1 is 1.15 bits per heavy atom. The molecule has 2 N–H and O–H groups in total. The van der Waals surface area contributed by atoms with E-state index in [2.05, 4.69) is 46.4 Å². The molecule has 0 aromatic heterocycles. The summed E-state index contributed by atoms with van der Waals surface area (Å²) in [5.41, 5.74) is 2.52. The summed E-state index contributed by atoms with van der Waals surface area (Å²) >= 11 is 0. The summed E-state index contributed by atoms with van der Waals surface area (Å²) in [4.78, 5) is 13.4. The highest BCUT2D eigenvalue weighted by Gasteiger charge is 2.20. The molecule has 2 aliphatic heterocycles. The third kappa shape index (κ3) is 2.70. The van der Waals surface area contributed by atoms with Gasteiger partial charge in [-0.05, 0) is 49.5 Å². The van der Waals surface area contributed by atoms with Crippen LogP contribution in [0.2, 0.25) is 0 Å². The van der Waals surface area contributed by atoms with Gasteiger partial charge < -0.3 is 15.5 Å². The molecule has 0 unspecified atom stereocenters. The van der Waals surface area contributed by atoms with Gasteiger partial charge in [-0.1, -0.05) is 18.7 Å². The zero-order valence-electron chi connectivity index (χ0n) is 11.7. The predicted molar refractivity (Wildman–Crippen MR) is 80.5 cm³/mol. The molecular weight excluding hydrogens is 250 g/mol. The maximum Gasteiger partial charge on any atom is 0.227 e. The van der Waals surface area contributed by atoms with E-state index in [1.165, 1.54) is 18.4 Å². The first-order valence-corrected chi connectivity index (χ1v) is 7.31. The van der Waals surface area contributed by atoms with E-state index in [4.69, 9.17) is 0 Å². The normalized spacial score (nSPS) is 20.9. The van der Waals surface area contributed by atoms with Crippen molar-refractivity contribution in [2.75, 3.05) is 24.5 Å². The minimum Gasteiger partial charge on any atom is -0.328 e. The molecule has 4 heteroatoms. The van der Waals surface area contributed by atoms with Crippen LogP contribution in [0, 0.1) is 0 Å². The van der Waals surface area contributed by atoms with Gasteiger partial charge in [0.05, 0.1) is 0 Å². The molecule has 0 saturated carbocycles. The van der Waals surface area contributed by atoms with Crippen LogP contribution in [0.15, 0.2) is 36.7 Å². The number of carbonyl (C=O) groups is 1. The van der Waals surface area contributed by atoms with Gasteiger partial charge in [-0.2, -0.15) is 0 Å². The van der Waals surface area contributed by atoms with Gasteiger partial charge in [-0.25, -0.2) is 0 Å². The number of amides is 1. The number of benzene rings is 1. The van der Waals surface area contributed by atoms with Crippen LogP contribution >= 0.6 is 0 Å². The lowest BCUT2D eigenvalue weighted by molar-refractivity contribution is -0.120. The van der Waals surface area contributed by atoms with E-state index in [1.807, 2.05) is 0 Å². The van der Waals surface area contributed by atoms with E-state index in [0.717, 1.165) is 18.8 Å². The van der Waals surface area contributed by atoms with Crippen LogP contribution in [0.1, 0.15) is 30.7 Å². The summed E-state index contributed by atoms with van der Waals surface area (Å²) in [6, 6.07) is 8.71. The molecule has 2 heterocycles. The number of hydrogen-bond acceptors (Lipinski definition) is 3. The second-order valence-electron chi connectivity index (χ2n) is 5.51. The topological polar surface area (TPSA) is 44.4 Å². The number of nitrogens with zero attached hydrogens (tertiary/aromatic N) is 1. The Balaban J connectivity index is 1.72. The van der Waals surface area contributed by atoms with Gasteiger partial charge in [0.2, 0.25) is 5.91 Å². The van der Waals surface area contributed by atoms with E-state index in [0.29, 0.717) is 24.7 Å². The van der Waals surface area contributed by atoms with E-state index >= 15 is 0 Å². The van der Waals surface area contributed by atoms with E-state index < -0.39 is 0 Å². The fourth-order valence-electron chi connectivity index (χ4n) is 3.01. The number of piperidine rings is 1. The van der Waals surface area contributed by atoms with Crippen molar-refractivity contribution >= 4 is 11.6 Å². The van der Waals surface area contributed by atoms with Crippen molar-refractivity contribution in [3.05, 3.63) is 42.2 Å². The van der Waals surface area contributed by atoms with Crippen LogP contribution in [-0.4, -0.2) is 25.5 Å². The van der Waals surface area contributed by atoms with Crippen LogP contribution < -0.4 is 15.5 Å². The van der Waals surface area contributed by atoms with Crippen molar-refractivity contribution in [2.24, 2.45) is 0 Å². The van der Waals surface area contributed by atoms with Crippen molar-refractivity contribution < 1.29 is 4.79 Å². The van der Waals surface area contributed by atoms with Crippen LogP contribution in [0.25, 0.3) is 0 Å². The molecule has 106 valence electrons. The van der Waals surface area contributed by atoms with Crippen LogP contribution in [0.3, 0.4) is 0 Å². The number of rotatable bonds is 2. The van der Waals surface area contributed by atoms with Gasteiger partial charge in [0.25, 0.3) is 0 Å². The molecule has 20 heavy (non-hydrogen) atoms. The quantitative estimate of drug-likeness (QED) is 0.864. The zero-order valence-corrected chi connectivity index (χ0v) is 11.7. The van der Waals surface area contributed by atoms with Crippen LogP contribution in [-0.2, 0) is 4.79 Å². The average molecular weight is 271 g/mol. The Morgan fingerprint density at radius 3 is 2.50 bits per heavy atom. The second-order valence-corrected chi connectivity index (χ2v) is 5.51. The molecule has 0 radical (unpaired) electrons. The molecule has 0 bridgehead atoms. The summed E-state index contributed by atoms with van der Waals surface area (Å²) in [5, 5.41) is 6.19. The molecule has 2 fully saturated rings. The van der Waals surface area contributed by atoms with E-state index in [-0.39, 0.29) is 5.91 Å². The van der Waals surface area contributed by atoms with Gasteiger partial charge in [0.15, 0.2) is 0 Å². The minimum atomic E-state index is 0.0533. The maximum atomic E-state index is 11.3. The van der Waals surface area contributed by atoms with Crippen LogP contribution in [0.4, 0.5) is 5.69 Å². The summed E-state index contributed by atoms with van der Waals surface area (Å²) in [6.07, 6.45) is 2.95. The molecule has 1 aromatic carbocycles. The number of anilines is 1. The van der Waals surface area contributed by atoms with Crippen LogP contribution in [0.5, 0.6) is 0 Å². The highest BCUT2D eigenvalue weighted by molar-refractivity contribution is 5.81. The first kappa shape index (κ1) is 13.2. The van der Waals surface area contributed by atoms with Crippen molar-refractivity contribution in [1.29, 1.82) is 0 Å². The second kappa shape index (κ2) is 5.67.